The first kappa shape index (κ1) is 17.8. The SMILES string of the molecule is CCn1ccc(C(=O)N2C[C@@H]3CC[C@H](C2)N(Cc2c(C)noc2C)C3=O)n1. The minimum Gasteiger partial charge on any atom is -0.361 e. The van der Waals surface area contributed by atoms with Crippen molar-refractivity contribution >= 4 is 11.8 Å². The molecule has 0 aromatic carbocycles. The number of hydrogen-bond acceptors (Lipinski definition) is 5. The van der Waals surface area contributed by atoms with Gasteiger partial charge in [-0.1, -0.05) is 5.16 Å². The fourth-order valence-corrected chi connectivity index (χ4v) is 4.13. The van der Waals surface area contributed by atoms with E-state index in [9.17, 15) is 9.59 Å². The maximum Gasteiger partial charge on any atom is 0.274 e. The normalized spacial score (nSPS) is 22.4. The molecule has 0 radical (unpaired) electrons. The molecule has 2 bridgehead atoms. The Morgan fingerprint density at radius 2 is 2.11 bits per heavy atom. The molecule has 3 aliphatic rings. The Kier molecular flexibility index (Phi) is 4.49. The second-order valence-corrected chi connectivity index (χ2v) is 7.46. The van der Waals surface area contributed by atoms with E-state index in [1.165, 1.54) is 0 Å². The molecule has 0 aliphatic carbocycles. The van der Waals surface area contributed by atoms with E-state index >= 15 is 0 Å². The van der Waals surface area contributed by atoms with E-state index in [2.05, 4.69) is 10.3 Å². The fraction of sp³-hybridized carbons (Fsp3) is 0.579. The first-order valence-corrected chi connectivity index (χ1v) is 9.53. The van der Waals surface area contributed by atoms with Gasteiger partial charge in [0.2, 0.25) is 5.91 Å². The van der Waals surface area contributed by atoms with Crippen molar-refractivity contribution in [1.82, 2.24) is 24.7 Å². The van der Waals surface area contributed by atoms with Gasteiger partial charge in [0, 0.05) is 37.4 Å². The van der Waals surface area contributed by atoms with Crippen LogP contribution < -0.4 is 0 Å². The molecule has 144 valence electrons. The lowest BCUT2D eigenvalue weighted by molar-refractivity contribution is -0.140. The Balaban J connectivity index is 1.56. The largest absolute Gasteiger partial charge is 0.361 e. The van der Waals surface area contributed by atoms with Crippen LogP contribution in [0.1, 0.15) is 47.3 Å². The van der Waals surface area contributed by atoms with E-state index in [0.29, 0.717) is 25.3 Å². The molecule has 0 unspecified atom stereocenters. The van der Waals surface area contributed by atoms with Crippen LogP contribution in [0.15, 0.2) is 16.8 Å². The van der Waals surface area contributed by atoms with E-state index in [1.807, 2.05) is 31.9 Å². The van der Waals surface area contributed by atoms with Gasteiger partial charge in [-0.2, -0.15) is 5.10 Å². The van der Waals surface area contributed by atoms with Crippen LogP contribution in [0.3, 0.4) is 0 Å². The number of piperidine rings is 1. The summed E-state index contributed by atoms with van der Waals surface area (Å²) in [6.45, 7) is 7.98. The molecule has 8 heteroatoms. The molecule has 0 saturated carbocycles. The van der Waals surface area contributed by atoms with Crippen LogP contribution in [0.5, 0.6) is 0 Å². The van der Waals surface area contributed by atoms with Crippen LogP contribution in [0.2, 0.25) is 0 Å². The van der Waals surface area contributed by atoms with Crippen LogP contribution in [0.25, 0.3) is 0 Å². The first-order valence-electron chi connectivity index (χ1n) is 9.53. The van der Waals surface area contributed by atoms with Gasteiger partial charge in [0.1, 0.15) is 11.5 Å². The number of fused-ring (bicyclic) bond motifs is 4. The van der Waals surface area contributed by atoms with Crippen molar-refractivity contribution in [2.45, 2.75) is 52.7 Å². The molecule has 5 rings (SSSR count). The summed E-state index contributed by atoms with van der Waals surface area (Å²) in [6.07, 6.45) is 3.55. The molecule has 5 heterocycles. The highest BCUT2D eigenvalue weighted by Gasteiger charge is 2.42. The molecule has 2 amide bonds. The number of hydrogen-bond donors (Lipinski definition) is 0. The summed E-state index contributed by atoms with van der Waals surface area (Å²) in [5.74, 6) is 0.631. The number of rotatable bonds is 4. The van der Waals surface area contributed by atoms with Gasteiger partial charge in [-0.05, 0) is 39.7 Å². The fourth-order valence-electron chi connectivity index (χ4n) is 4.13. The molecular formula is C19H25N5O3. The molecule has 27 heavy (non-hydrogen) atoms. The quantitative estimate of drug-likeness (QED) is 0.818. The Labute approximate surface area is 158 Å². The van der Waals surface area contributed by atoms with E-state index in [-0.39, 0.29) is 23.8 Å². The minimum atomic E-state index is -0.151. The molecule has 0 spiro atoms. The average molecular weight is 371 g/mol. The van der Waals surface area contributed by atoms with Gasteiger partial charge < -0.3 is 14.3 Å². The summed E-state index contributed by atoms with van der Waals surface area (Å²) in [5, 5.41) is 8.33. The van der Waals surface area contributed by atoms with Gasteiger partial charge in [-0.15, -0.1) is 0 Å². The van der Waals surface area contributed by atoms with Crippen LogP contribution in [0.4, 0.5) is 0 Å². The predicted octanol–water partition coefficient (Wildman–Crippen LogP) is 1.77. The number of amides is 2. The van der Waals surface area contributed by atoms with Gasteiger partial charge in [-0.25, -0.2) is 0 Å². The number of aromatic nitrogens is 3. The standard InChI is InChI=1S/C19H25N5O3/c1-4-23-8-7-17(20-23)19(26)22-9-14-5-6-15(10-22)24(18(14)25)11-16-12(2)21-27-13(16)3/h7-8,14-15H,4-6,9-11H2,1-3H3/t14-,15+/m0/s1. The summed E-state index contributed by atoms with van der Waals surface area (Å²) in [4.78, 5) is 29.7. The van der Waals surface area contributed by atoms with E-state index in [0.717, 1.165) is 36.4 Å². The van der Waals surface area contributed by atoms with Gasteiger partial charge >= 0.3 is 0 Å². The topological polar surface area (TPSA) is 84.5 Å². The maximum atomic E-state index is 13.0. The van der Waals surface area contributed by atoms with Crippen molar-refractivity contribution in [1.29, 1.82) is 0 Å². The number of aryl methyl sites for hydroxylation is 3. The zero-order chi connectivity index (χ0) is 19.1. The molecule has 3 aliphatic heterocycles. The lowest BCUT2D eigenvalue weighted by Crippen LogP contribution is -2.47. The van der Waals surface area contributed by atoms with Crippen molar-refractivity contribution < 1.29 is 14.1 Å². The van der Waals surface area contributed by atoms with Crippen molar-refractivity contribution in [2.24, 2.45) is 5.92 Å². The molecule has 2 aromatic rings. The molecular weight excluding hydrogens is 346 g/mol. The Hall–Kier alpha value is -2.64. The highest BCUT2D eigenvalue weighted by atomic mass is 16.5. The van der Waals surface area contributed by atoms with Gasteiger partial charge in [0.15, 0.2) is 0 Å². The van der Waals surface area contributed by atoms with Crippen molar-refractivity contribution in [3.63, 3.8) is 0 Å². The van der Waals surface area contributed by atoms with Crippen molar-refractivity contribution in [2.75, 3.05) is 13.1 Å². The van der Waals surface area contributed by atoms with Crippen LogP contribution >= 0.6 is 0 Å². The summed E-state index contributed by atoms with van der Waals surface area (Å²) >= 11 is 0. The molecule has 0 N–H and O–H groups in total. The molecule has 2 atom stereocenters. The average Bonchev–Trinajstić information content (AvgIpc) is 3.15. The highest BCUT2D eigenvalue weighted by Crippen LogP contribution is 2.31. The molecule has 8 nitrogen and oxygen atoms in total. The Morgan fingerprint density at radius 3 is 2.78 bits per heavy atom. The number of nitrogens with zero attached hydrogens (tertiary/aromatic N) is 5. The second-order valence-electron chi connectivity index (χ2n) is 7.46. The first-order chi connectivity index (χ1) is 13.0. The van der Waals surface area contributed by atoms with E-state index < -0.39 is 0 Å². The smallest absolute Gasteiger partial charge is 0.274 e. The third kappa shape index (κ3) is 3.13. The van der Waals surface area contributed by atoms with E-state index in [1.54, 1.807) is 15.6 Å². The maximum absolute atomic E-state index is 13.0. The van der Waals surface area contributed by atoms with Crippen LogP contribution in [-0.4, -0.2) is 55.7 Å². The van der Waals surface area contributed by atoms with Crippen LogP contribution in [-0.2, 0) is 17.9 Å². The Morgan fingerprint density at radius 1 is 1.30 bits per heavy atom. The second kappa shape index (κ2) is 6.83. The zero-order valence-corrected chi connectivity index (χ0v) is 16.0. The monoisotopic (exact) mass is 371 g/mol. The third-order valence-corrected chi connectivity index (χ3v) is 5.77. The minimum absolute atomic E-state index is 0.0159. The van der Waals surface area contributed by atoms with Crippen molar-refractivity contribution in [3.05, 3.63) is 35.0 Å². The summed E-state index contributed by atoms with van der Waals surface area (Å²) in [6, 6.07) is 1.77. The van der Waals surface area contributed by atoms with Gasteiger partial charge in [0.05, 0.1) is 18.2 Å². The zero-order valence-electron chi connectivity index (χ0n) is 16.0. The summed E-state index contributed by atoms with van der Waals surface area (Å²) in [5.41, 5.74) is 2.23. The number of carbonyl (C=O) groups excluding carboxylic acids is 2. The third-order valence-electron chi connectivity index (χ3n) is 5.77. The number of carbonyl (C=O) groups is 2. The predicted molar refractivity (Wildman–Crippen MR) is 96.8 cm³/mol. The van der Waals surface area contributed by atoms with Gasteiger partial charge in [0.25, 0.3) is 5.91 Å². The molecule has 3 saturated heterocycles. The molecule has 2 aromatic heterocycles. The van der Waals surface area contributed by atoms with Gasteiger partial charge in [-0.3, -0.25) is 14.3 Å². The van der Waals surface area contributed by atoms with Crippen LogP contribution in [0, 0.1) is 19.8 Å². The Bertz CT molecular complexity index is 851. The highest BCUT2D eigenvalue weighted by molar-refractivity contribution is 5.93. The molecule has 3 fully saturated rings. The summed E-state index contributed by atoms with van der Waals surface area (Å²) in [7, 11) is 0. The van der Waals surface area contributed by atoms with E-state index in [4.69, 9.17) is 4.52 Å². The lowest BCUT2D eigenvalue weighted by atomic mass is 9.93. The van der Waals surface area contributed by atoms with Crippen molar-refractivity contribution in [3.8, 4) is 0 Å². The lowest BCUT2D eigenvalue weighted by Gasteiger charge is -2.35. The summed E-state index contributed by atoms with van der Waals surface area (Å²) < 4.78 is 7.00.